The van der Waals surface area contributed by atoms with Crippen molar-refractivity contribution in [2.45, 2.75) is 13.8 Å². The Morgan fingerprint density at radius 1 is 0.311 bits per heavy atom. The minimum Gasteiger partial charge on any atom is -0.244 e. The quantitative estimate of drug-likeness (QED) is 0.172. The van der Waals surface area contributed by atoms with E-state index in [4.69, 9.17) is 4.98 Å². The van der Waals surface area contributed by atoms with Crippen molar-refractivity contribution in [2.75, 3.05) is 0 Å². The molecule has 0 unspecified atom stereocenters. The zero-order valence-corrected chi connectivity index (χ0v) is 40.6. The van der Waals surface area contributed by atoms with Crippen LogP contribution >= 0.6 is 0 Å². The second-order valence-corrected chi connectivity index (χ2v) is 19.4. The Bertz CT molecular complexity index is 4780. The molecule has 2 nitrogen and oxygen atoms in total. The van der Waals surface area contributed by atoms with Crippen molar-refractivity contribution in [3.8, 4) is 55.6 Å². The summed E-state index contributed by atoms with van der Waals surface area (Å²) in [5.41, 5.74) is 12.5. The molecule has 0 spiro atoms. The molecular formula is C72H48N2. The third kappa shape index (κ3) is 6.94. The number of fused-ring (bicyclic) bond motifs is 16. The van der Waals surface area contributed by atoms with Crippen LogP contribution < -0.4 is 0 Å². The van der Waals surface area contributed by atoms with Crippen molar-refractivity contribution < 1.29 is 4.11 Å². The second kappa shape index (κ2) is 17.7. The fourth-order valence-corrected chi connectivity index (χ4v) is 11.9. The van der Waals surface area contributed by atoms with Crippen molar-refractivity contribution in [2.24, 2.45) is 0 Å². The summed E-state index contributed by atoms with van der Waals surface area (Å²) < 4.78 is 29.1. The summed E-state index contributed by atoms with van der Waals surface area (Å²) in [6, 6.07) is 85.9. The van der Waals surface area contributed by atoms with Crippen molar-refractivity contribution in [3.63, 3.8) is 0 Å². The standard InChI is InChI=1S/C72H48N2/c1-45-34-35-50(71-53(48-22-8-4-9-23-48)38-37-52(47-20-6-3-7-21-47)70(71)49-24-10-5-11-25-49)40-63(45)51-36-39-61-54-26-12-13-27-55(54)64-42-67-59-31-17-19-33-62(59)72-68(43-73-44-74-72)57-29-15-14-28-56(57)65(67)41-66(64)58-30-16-18-32-60(58)69(61)46(51)2/h3-44H,1-2H3/i2D3. The molecule has 0 bridgehead atoms. The fraction of sp³-hybridized carbons (Fsp3) is 0.0278. The Morgan fingerprint density at radius 2 is 0.730 bits per heavy atom. The van der Waals surface area contributed by atoms with Crippen LogP contribution in [0.25, 0.3) is 142 Å². The van der Waals surface area contributed by atoms with Crippen LogP contribution in [0.5, 0.6) is 0 Å². The van der Waals surface area contributed by atoms with Crippen LogP contribution in [-0.2, 0) is 0 Å². The molecule has 0 aliphatic heterocycles. The van der Waals surface area contributed by atoms with E-state index < -0.39 is 6.85 Å². The largest absolute Gasteiger partial charge is 0.244 e. The van der Waals surface area contributed by atoms with Gasteiger partial charge in [-0.3, -0.25) is 0 Å². The maximum Gasteiger partial charge on any atom is 0.116 e. The first-order chi connectivity index (χ1) is 37.8. The molecule has 0 amide bonds. The van der Waals surface area contributed by atoms with Gasteiger partial charge >= 0.3 is 0 Å². The topological polar surface area (TPSA) is 25.8 Å². The van der Waals surface area contributed by atoms with Gasteiger partial charge in [0.2, 0.25) is 0 Å². The number of rotatable bonds is 5. The van der Waals surface area contributed by atoms with Gasteiger partial charge in [0, 0.05) is 21.1 Å². The molecule has 14 rings (SSSR count). The van der Waals surface area contributed by atoms with Crippen LogP contribution in [0.1, 0.15) is 15.2 Å². The van der Waals surface area contributed by atoms with E-state index in [1.165, 1.54) is 0 Å². The van der Waals surface area contributed by atoms with Crippen LogP contribution in [0.4, 0.5) is 0 Å². The highest BCUT2D eigenvalue weighted by molar-refractivity contribution is 6.32. The molecule has 0 atom stereocenters. The van der Waals surface area contributed by atoms with E-state index in [1.807, 2.05) is 12.3 Å². The summed E-state index contributed by atoms with van der Waals surface area (Å²) >= 11 is 0. The van der Waals surface area contributed by atoms with Gasteiger partial charge in [0.25, 0.3) is 0 Å². The predicted molar refractivity (Wildman–Crippen MR) is 316 cm³/mol. The number of hydrogen-bond donors (Lipinski definition) is 0. The van der Waals surface area contributed by atoms with Crippen molar-refractivity contribution in [1.29, 1.82) is 0 Å². The highest BCUT2D eigenvalue weighted by Gasteiger charge is 2.22. The molecular weight excluding hydrogens is 893 g/mol. The molecule has 0 aliphatic carbocycles. The highest BCUT2D eigenvalue weighted by atomic mass is 14.8. The van der Waals surface area contributed by atoms with Gasteiger partial charge in [0.15, 0.2) is 0 Å². The van der Waals surface area contributed by atoms with E-state index in [0.717, 1.165) is 137 Å². The lowest BCUT2D eigenvalue weighted by Gasteiger charge is -2.22. The number of aromatic nitrogens is 2. The van der Waals surface area contributed by atoms with Crippen LogP contribution in [0.2, 0.25) is 0 Å². The van der Waals surface area contributed by atoms with Crippen LogP contribution in [0.3, 0.4) is 0 Å². The van der Waals surface area contributed by atoms with Crippen LogP contribution in [0, 0.1) is 13.8 Å². The lowest BCUT2D eigenvalue weighted by molar-refractivity contribution is 1.23. The first-order valence-electron chi connectivity index (χ1n) is 26.8. The summed E-state index contributed by atoms with van der Waals surface area (Å²) in [6.45, 7) is -0.432. The summed E-state index contributed by atoms with van der Waals surface area (Å²) in [5, 5.41) is 14.9. The molecule has 1 aromatic heterocycles. The third-order valence-corrected chi connectivity index (χ3v) is 15.3. The Hall–Kier alpha value is -9.50. The maximum atomic E-state index is 9.71. The lowest BCUT2D eigenvalue weighted by atomic mass is 9.81. The number of nitrogens with zero attached hydrogens (tertiary/aromatic N) is 2. The minimum absolute atomic E-state index is 0.327. The van der Waals surface area contributed by atoms with E-state index in [2.05, 4.69) is 248 Å². The third-order valence-electron chi connectivity index (χ3n) is 15.3. The zero-order valence-electron chi connectivity index (χ0n) is 43.6. The van der Waals surface area contributed by atoms with Gasteiger partial charge in [-0.15, -0.1) is 0 Å². The summed E-state index contributed by atoms with van der Waals surface area (Å²) in [7, 11) is 0. The Kier molecular flexibility index (Phi) is 9.58. The van der Waals surface area contributed by atoms with Crippen LogP contribution in [-0.4, -0.2) is 9.97 Å². The van der Waals surface area contributed by atoms with E-state index in [9.17, 15) is 4.11 Å². The maximum absolute atomic E-state index is 9.71. The number of aryl methyl sites for hydroxylation is 2. The molecule has 74 heavy (non-hydrogen) atoms. The monoisotopic (exact) mass is 943 g/mol. The first kappa shape index (κ1) is 40.1. The van der Waals surface area contributed by atoms with Gasteiger partial charge in [0.1, 0.15) is 6.33 Å². The van der Waals surface area contributed by atoms with Crippen molar-refractivity contribution in [1.82, 2.24) is 9.97 Å². The molecule has 1 heterocycles. The summed E-state index contributed by atoms with van der Waals surface area (Å²) in [4.78, 5) is 9.45. The lowest BCUT2D eigenvalue weighted by Crippen LogP contribution is -1.96. The summed E-state index contributed by atoms with van der Waals surface area (Å²) in [5.74, 6) is 0. The van der Waals surface area contributed by atoms with Crippen molar-refractivity contribution in [3.05, 3.63) is 266 Å². The SMILES string of the molecule is [2H]C([2H])([2H])c1c(-c2cc(-c3c(-c4ccccc4)ccc(-c4ccccc4)c3-c3ccccc3)ccc2C)ccc2c3ccccc3c3cc4c(cc3c3ccccc3c12)c1ccccc1c1cncnc1c1ccccc41. The average molecular weight is 944 g/mol. The van der Waals surface area contributed by atoms with E-state index in [0.29, 0.717) is 16.5 Å². The Labute approximate surface area is 434 Å². The molecule has 2 heteroatoms. The molecule has 0 N–H and O–H groups in total. The molecule has 0 saturated carbocycles. The molecule has 0 saturated heterocycles. The predicted octanol–water partition coefficient (Wildman–Crippen LogP) is 19.8. The van der Waals surface area contributed by atoms with E-state index in [1.54, 1.807) is 6.33 Å². The van der Waals surface area contributed by atoms with Crippen molar-refractivity contribution >= 4 is 86.3 Å². The van der Waals surface area contributed by atoms with Gasteiger partial charge in [0.05, 0.1) is 5.52 Å². The van der Waals surface area contributed by atoms with Crippen LogP contribution in [0.15, 0.2) is 255 Å². The smallest absolute Gasteiger partial charge is 0.116 e. The minimum atomic E-state index is -2.53. The average Bonchev–Trinajstić information content (AvgIpc) is 3.63. The Morgan fingerprint density at radius 3 is 1.28 bits per heavy atom. The zero-order chi connectivity index (χ0) is 51.8. The first-order valence-corrected chi connectivity index (χ1v) is 25.3. The van der Waals surface area contributed by atoms with E-state index in [-0.39, 0.29) is 0 Å². The molecule has 13 aromatic carbocycles. The van der Waals surface area contributed by atoms with Gasteiger partial charge < -0.3 is 0 Å². The number of benzene rings is 11. The fourth-order valence-electron chi connectivity index (χ4n) is 11.9. The Balaban J connectivity index is 1.13. The van der Waals surface area contributed by atoms with Gasteiger partial charge in [-0.2, -0.15) is 0 Å². The van der Waals surface area contributed by atoms with Gasteiger partial charge in [-0.25, -0.2) is 9.97 Å². The molecule has 346 valence electrons. The molecule has 0 radical (unpaired) electrons. The highest BCUT2D eigenvalue weighted by Crippen LogP contribution is 2.48. The molecule has 0 aliphatic rings. The van der Waals surface area contributed by atoms with E-state index >= 15 is 0 Å². The summed E-state index contributed by atoms with van der Waals surface area (Å²) in [6.07, 6.45) is 3.56. The normalized spacial score (nSPS) is 12.4. The number of hydrogen-bond acceptors (Lipinski definition) is 2. The van der Waals surface area contributed by atoms with Gasteiger partial charge in [-0.05, 0) is 169 Å². The molecule has 14 aromatic rings. The molecule has 0 fully saturated rings. The second-order valence-electron chi connectivity index (χ2n) is 19.4. The van der Waals surface area contributed by atoms with Gasteiger partial charge in [-0.1, -0.05) is 224 Å².